The van der Waals surface area contributed by atoms with E-state index in [0.717, 1.165) is 50.4 Å². The number of hydrogen-bond acceptors (Lipinski definition) is 6. The maximum Gasteiger partial charge on any atom is 0.303 e. The van der Waals surface area contributed by atoms with E-state index in [1.807, 2.05) is 18.2 Å². The third-order valence-corrected chi connectivity index (χ3v) is 6.36. The molecule has 166 valence electrons. The highest BCUT2D eigenvalue weighted by Gasteiger charge is 2.39. The number of hydrogen-bond donors (Lipinski definition) is 2. The van der Waals surface area contributed by atoms with E-state index < -0.39 is 17.9 Å². The van der Waals surface area contributed by atoms with E-state index in [-0.39, 0.29) is 24.7 Å². The molecule has 0 radical (unpaired) electrons. The maximum atomic E-state index is 12.8. The minimum Gasteiger partial charge on any atom is -0.481 e. The second kappa shape index (κ2) is 9.05. The zero-order valence-corrected chi connectivity index (χ0v) is 17.5. The van der Waals surface area contributed by atoms with Crippen LogP contribution in [0.3, 0.4) is 0 Å². The molecule has 1 aromatic rings. The van der Waals surface area contributed by atoms with E-state index in [9.17, 15) is 19.2 Å². The van der Waals surface area contributed by atoms with Crippen molar-refractivity contribution in [3.63, 3.8) is 0 Å². The van der Waals surface area contributed by atoms with Gasteiger partial charge in [0.1, 0.15) is 6.04 Å². The molecule has 2 saturated heterocycles. The largest absolute Gasteiger partial charge is 0.481 e. The first-order valence-corrected chi connectivity index (χ1v) is 10.9. The first kappa shape index (κ1) is 21.3. The van der Waals surface area contributed by atoms with Gasteiger partial charge in [-0.2, -0.15) is 0 Å². The summed E-state index contributed by atoms with van der Waals surface area (Å²) in [6, 6.07) is 5.26. The number of carbonyl (C=O) groups is 4. The molecule has 31 heavy (non-hydrogen) atoms. The number of nitrogens with one attached hydrogen (secondary N) is 1. The maximum absolute atomic E-state index is 12.8. The molecular formula is C22H28N4O5. The van der Waals surface area contributed by atoms with Crippen molar-refractivity contribution in [2.24, 2.45) is 0 Å². The van der Waals surface area contributed by atoms with E-state index in [0.29, 0.717) is 24.9 Å². The summed E-state index contributed by atoms with van der Waals surface area (Å²) >= 11 is 0. The van der Waals surface area contributed by atoms with Crippen molar-refractivity contribution in [3.05, 3.63) is 29.3 Å². The first-order chi connectivity index (χ1) is 14.9. The standard InChI is InChI=1S/C22H28N4O5/c27-19-7-6-18(21(30)23-19)26-14-15-13-16(4-5-17(15)22(26)31)25-11-9-24(10-12-25)8-2-1-3-20(28)29/h4-5,13,18H,1-3,6-12,14H2,(H,28,29)(H,23,27,30). The number of carbonyl (C=O) groups excluding carboxylic acids is 3. The number of unbranched alkanes of at least 4 members (excludes halogenated alkanes) is 1. The Bertz CT molecular complexity index is 894. The fraction of sp³-hybridized carbons (Fsp3) is 0.545. The molecule has 0 aliphatic carbocycles. The van der Waals surface area contributed by atoms with Crippen LogP contribution in [0.25, 0.3) is 0 Å². The highest BCUT2D eigenvalue weighted by molar-refractivity contribution is 6.05. The lowest BCUT2D eigenvalue weighted by atomic mass is 10.0. The molecule has 1 unspecified atom stereocenters. The highest BCUT2D eigenvalue weighted by Crippen LogP contribution is 2.30. The lowest BCUT2D eigenvalue weighted by Gasteiger charge is -2.36. The van der Waals surface area contributed by atoms with Gasteiger partial charge in [0.05, 0.1) is 0 Å². The SMILES string of the molecule is O=C(O)CCCCN1CCN(c2ccc3c(c2)CN(C2CCC(=O)NC2=O)C3=O)CC1. The molecule has 0 spiro atoms. The quantitative estimate of drug-likeness (QED) is 0.489. The number of imide groups is 1. The molecule has 2 fully saturated rings. The minimum absolute atomic E-state index is 0.151. The van der Waals surface area contributed by atoms with Crippen molar-refractivity contribution in [1.29, 1.82) is 0 Å². The zero-order valence-electron chi connectivity index (χ0n) is 17.5. The summed E-state index contributed by atoms with van der Waals surface area (Å²) < 4.78 is 0. The molecule has 9 heteroatoms. The van der Waals surface area contributed by atoms with E-state index in [1.54, 1.807) is 4.90 Å². The van der Waals surface area contributed by atoms with Gasteiger partial charge in [0.25, 0.3) is 5.91 Å². The molecule has 1 aromatic carbocycles. The fourth-order valence-electron chi connectivity index (χ4n) is 4.60. The topological polar surface area (TPSA) is 110 Å². The second-order valence-corrected chi connectivity index (χ2v) is 8.42. The molecule has 0 saturated carbocycles. The van der Waals surface area contributed by atoms with E-state index >= 15 is 0 Å². The van der Waals surface area contributed by atoms with Gasteiger partial charge < -0.3 is 14.9 Å². The van der Waals surface area contributed by atoms with Crippen LogP contribution in [0.1, 0.15) is 48.0 Å². The molecular weight excluding hydrogens is 400 g/mol. The third kappa shape index (κ3) is 4.71. The number of fused-ring (bicyclic) bond motifs is 1. The number of amides is 3. The molecule has 1 atom stereocenters. The Labute approximate surface area is 181 Å². The van der Waals surface area contributed by atoms with Gasteiger partial charge in [0.2, 0.25) is 11.8 Å². The lowest BCUT2D eigenvalue weighted by Crippen LogP contribution is -2.52. The molecule has 3 heterocycles. The van der Waals surface area contributed by atoms with E-state index in [1.165, 1.54) is 0 Å². The summed E-state index contributed by atoms with van der Waals surface area (Å²) in [7, 11) is 0. The molecule has 0 bridgehead atoms. The van der Waals surface area contributed by atoms with Crippen molar-refractivity contribution in [3.8, 4) is 0 Å². The van der Waals surface area contributed by atoms with Crippen LogP contribution >= 0.6 is 0 Å². The number of aliphatic carboxylic acids is 1. The number of nitrogens with zero attached hydrogens (tertiary/aromatic N) is 3. The van der Waals surface area contributed by atoms with Gasteiger partial charge in [-0.25, -0.2) is 0 Å². The van der Waals surface area contributed by atoms with Crippen LogP contribution in [-0.2, 0) is 20.9 Å². The molecule has 0 aromatic heterocycles. The number of carboxylic acid groups (broad SMARTS) is 1. The predicted octanol–water partition coefficient (Wildman–Crippen LogP) is 0.825. The van der Waals surface area contributed by atoms with Crippen LogP contribution in [0.15, 0.2) is 18.2 Å². The number of benzene rings is 1. The molecule has 3 aliphatic rings. The second-order valence-electron chi connectivity index (χ2n) is 8.42. The predicted molar refractivity (Wildman–Crippen MR) is 113 cm³/mol. The fourth-order valence-corrected chi connectivity index (χ4v) is 4.60. The highest BCUT2D eigenvalue weighted by atomic mass is 16.4. The Morgan fingerprint density at radius 2 is 1.87 bits per heavy atom. The molecule has 2 N–H and O–H groups in total. The summed E-state index contributed by atoms with van der Waals surface area (Å²) in [6.45, 7) is 4.90. The minimum atomic E-state index is -0.740. The van der Waals surface area contributed by atoms with Gasteiger partial charge in [0, 0.05) is 56.8 Å². The van der Waals surface area contributed by atoms with Crippen molar-refractivity contribution in [2.75, 3.05) is 37.6 Å². The van der Waals surface area contributed by atoms with Crippen LogP contribution in [0, 0.1) is 0 Å². The van der Waals surface area contributed by atoms with Crippen LogP contribution in [-0.4, -0.2) is 77.4 Å². The van der Waals surface area contributed by atoms with Gasteiger partial charge in [-0.05, 0) is 49.6 Å². The summed E-state index contributed by atoms with van der Waals surface area (Å²) in [5.74, 6) is -1.57. The average Bonchev–Trinajstić information content (AvgIpc) is 3.07. The summed E-state index contributed by atoms with van der Waals surface area (Å²) in [5.41, 5.74) is 2.62. The van der Waals surface area contributed by atoms with Crippen molar-refractivity contribution < 1.29 is 24.3 Å². The van der Waals surface area contributed by atoms with Crippen LogP contribution in [0.2, 0.25) is 0 Å². The summed E-state index contributed by atoms with van der Waals surface area (Å²) in [4.78, 5) is 53.3. The Balaban J connectivity index is 1.33. The molecule has 3 amide bonds. The van der Waals surface area contributed by atoms with E-state index in [2.05, 4.69) is 15.1 Å². The Morgan fingerprint density at radius 1 is 1.10 bits per heavy atom. The Kier molecular flexibility index (Phi) is 6.22. The van der Waals surface area contributed by atoms with Gasteiger partial charge >= 0.3 is 5.97 Å². The first-order valence-electron chi connectivity index (χ1n) is 10.9. The average molecular weight is 428 g/mol. The number of carboxylic acids is 1. The van der Waals surface area contributed by atoms with Gasteiger partial charge in [0.15, 0.2) is 0 Å². The van der Waals surface area contributed by atoms with Gasteiger partial charge in [-0.3, -0.25) is 29.4 Å². The molecule has 3 aliphatic heterocycles. The summed E-state index contributed by atoms with van der Waals surface area (Å²) in [6.07, 6.45) is 2.44. The normalized spacial score (nSPS) is 21.9. The van der Waals surface area contributed by atoms with Crippen LogP contribution < -0.4 is 10.2 Å². The molecule has 4 rings (SSSR count). The summed E-state index contributed by atoms with van der Waals surface area (Å²) in [5, 5.41) is 11.1. The van der Waals surface area contributed by atoms with E-state index in [4.69, 9.17) is 5.11 Å². The monoisotopic (exact) mass is 428 g/mol. The number of piperidine rings is 1. The number of piperazine rings is 1. The van der Waals surface area contributed by atoms with Crippen molar-refractivity contribution in [2.45, 2.75) is 44.7 Å². The Morgan fingerprint density at radius 3 is 2.58 bits per heavy atom. The third-order valence-electron chi connectivity index (χ3n) is 6.36. The van der Waals surface area contributed by atoms with Crippen molar-refractivity contribution >= 4 is 29.4 Å². The molecule has 9 nitrogen and oxygen atoms in total. The van der Waals surface area contributed by atoms with Crippen LogP contribution in [0.5, 0.6) is 0 Å². The van der Waals surface area contributed by atoms with Crippen LogP contribution in [0.4, 0.5) is 5.69 Å². The lowest BCUT2D eigenvalue weighted by molar-refractivity contribution is -0.138. The van der Waals surface area contributed by atoms with Crippen molar-refractivity contribution in [1.82, 2.24) is 15.1 Å². The Hall–Kier alpha value is -2.94. The van der Waals surface area contributed by atoms with Gasteiger partial charge in [-0.1, -0.05) is 0 Å². The smallest absolute Gasteiger partial charge is 0.303 e. The number of anilines is 1. The van der Waals surface area contributed by atoms with Gasteiger partial charge in [-0.15, -0.1) is 0 Å². The zero-order chi connectivity index (χ0) is 22.0. The number of rotatable bonds is 7.